The molecular weight excluding hydrogens is 330 g/mol. The topological polar surface area (TPSA) is 77.8 Å². The zero-order valence-electron chi connectivity index (χ0n) is 13.5. The van der Waals surface area contributed by atoms with Crippen molar-refractivity contribution in [3.8, 4) is 11.4 Å². The molecule has 0 spiro atoms. The van der Waals surface area contributed by atoms with Gasteiger partial charge in [0, 0.05) is 18.2 Å². The van der Waals surface area contributed by atoms with Crippen molar-refractivity contribution >= 4 is 17.1 Å². The molecule has 25 heavy (non-hydrogen) atoms. The Kier molecular flexibility index (Phi) is 3.90. The maximum atomic E-state index is 14.0. The summed E-state index contributed by atoms with van der Waals surface area (Å²) in [6.07, 6.45) is 6.06. The molecule has 7 nitrogen and oxygen atoms in total. The Bertz CT molecular complexity index is 899. The van der Waals surface area contributed by atoms with Gasteiger partial charge in [-0.15, -0.1) is 5.10 Å². The number of nitrogens with zero attached hydrogens (tertiary/aromatic N) is 5. The number of benzene rings is 1. The molecule has 0 amide bonds. The molecule has 0 saturated heterocycles. The molecule has 1 aliphatic carbocycles. The Hall–Kier alpha value is -2.84. The molecule has 130 valence electrons. The van der Waals surface area contributed by atoms with E-state index in [0.29, 0.717) is 23.2 Å². The molecule has 2 aromatic heterocycles. The molecule has 0 aliphatic heterocycles. The van der Waals surface area contributed by atoms with E-state index in [9.17, 15) is 8.78 Å². The summed E-state index contributed by atoms with van der Waals surface area (Å²) in [5, 5.41) is 11.2. The van der Waals surface area contributed by atoms with Gasteiger partial charge in [-0.1, -0.05) is 18.1 Å². The minimum atomic E-state index is -0.820. The standard InChI is InChI=1S/C16H16F2N6O/c1-25-14-11(17)6-10(7-12(14)18)24-15-13(22-23-24)8-19-16(21-15)20-9-4-2-3-5-9/h6-9H,2-5H2,1H3,(H,19,20,21). The van der Waals surface area contributed by atoms with Crippen molar-refractivity contribution < 1.29 is 13.5 Å². The number of ether oxygens (including phenoxy) is 1. The molecule has 1 N–H and O–H groups in total. The summed E-state index contributed by atoms with van der Waals surface area (Å²) in [5.74, 6) is -1.62. The molecule has 3 aromatic rings. The van der Waals surface area contributed by atoms with Crippen LogP contribution in [0.1, 0.15) is 25.7 Å². The van der Waals surface area contributed by atoms with Crippen molar-refractivity contribution in [3.63, 3.8) is 0 Å². The van der Waals surface area contributed by atoms with Gasteiger partial charge in [0.2, 0.25) is 5.95 Å². The van der Waals surface area contributed by atoms with Gasteiger partial charge in [-0.25, -0.2) is 13.8 Å². The first-order valence-electron chi connectivity index (χ1n) is 8.04. The molecule has 4 rings (SSSR count). The van der Waals surface area contributed by atoms with E-state index in [1.807, 2.05) is 0 Å². The third-order valence-electron chi connectivity index (χ3n) is 4.31. The molecule has 0 unspecified atom stereocenters. The lowest BCUT2D eigenvalue weighted by atomic mass is 10.2. The fourth-order valence-electron chi connectivity index (χ4n) is 3.09. The third kappa shape index (κ3) is 2.86. The van der Waals surface area contributed by atoms with Gasteiger partial charge in [-0.2, -0.15) is 9.67 Å². The Balaban J connectivity index is 1.74. The van der Waals surface area contributed by atoms with Crippen LogP contribution in [0.25, 0.3) is 16.9 Å². The molecule has 1 aliphatic rings. The van der Waals surface area contributed by atoms with Crippen molar-refractivity contribution in [3.05, 3.63) is 30.0 Å². The van der Waals surface area contributed by atoms with Crippen molar-refractivity contribution in [1.82, 2.24) is 25.0 Å². The lowest BCUT2D eigenvalue weighted by molar-refractivity contribution is 0.359. The second-order valence-electron chi connectivity index (χ2n) is 5.97. The monoisotopic (exact) mass is 346 g/mol. The molecule has 1 saturated carbocycles. The lowest BCUT2D eigenvalue weighted by Gasteiger charge is -2.11. The van der Waals surface area contributed by atoms with E-state index in [-0.39, 0.29) is 5.69 Å². The van der Waals surface area contributed by atoms with Gasteiger partial charge in [0.1, 0.15) is 0 Å². The summed E-state index contributed by atoms with van der Waals surface area (Å²) in [6, 6.07) is 2.60. The molecule has 1 aromatic carbocycles. The predicted octanol–water partition coefficient (Wildman–Crippen LogP) is 2.85. The number of rotatable bonds is 4. The van der Waals surface area contributed by atoms with Crippen LogP contribution in [0.5, 0.6) is 5.75 Å². The van der Waals surface area contributed by atoms with Gasteiger partial charge in [0.05, 0.1) is 19.0 Å². The van der Waals surface area contributed by atoms with E-state index in [2.05, 4.69) is 25.6 Å². The number of aromatic nitrogens is 5. The van der Waals surface area contributed by atoms with E-state index in [4.69, 9.17) is 4.74 Å². The first kappa shape index (κ1) is 15.7. The van der Waals surface area contributed by atoms with Crippen molar-refractivity contribution in [2.24, 2.45) is 0 Å². The number of nitrogens with one attached hydrogen (secondary N) is 1. The molecule has 0 bridgehead atoms. The van der Waals surface area contributed by atoms with Crippen LogP contribution in [-0.4, -0.2) is 38.1 Å². The fraction of sp³-hybridized carbons (Fsp3) is 0.375. The lowest BCUT2D eigenvalue weighted by Crippen LogP contribution is -2.16. The molecule has 1 fully saturated rings. The van der Waals surface area contributed by atoms with Crippen LogP contribution in [0, 0.1) is 11.6 Å². The van der Waals surface area contributed by atoms with Gasteiger partial charge < -0.3 is 10.1 Å². The summed E-state index contributed by atoms with van der Waals surface area (Å²) in [7, 11) is 1.21. The fourth-order valence-corrected chi connectivity index (χ4v) is 3.09. The average molecular weight is 346 g/mol. The van der Waals surface area contributed by atoms with E-state index in [0.717, 1.165) is 25.0 Å². The maximum Gasteiger partial charge on any atom is 0.225 e. The first-order chi connectivity index (χ1) is 12.2. The van der Waals surface area contributed by atoms with Crippen LogP contribution in [0.2, 0.25) is 0 Å². The summed E-state index contributed by atoms with van der Waals surface area (Å²) in [6.45, 7) is 0. The highest BCUT2D eigenvalue weighted by atomic mass is 19.1. The normalized spacial score (nSPS) is 15.0. The van der Waals surface area contributed by atoms with Crippen LogP contribution >= 0.6 is 0 Å². The number of anilines is 1. The highest BCUT2D eigenvalue weighted by Crippen LogP contribution is 2.26. The quantitative estimate of drug-likeness (QED) is 0.783. The van der Waals surface area contributed by atoms with Gasteiger partial charge in [0.25, 0.3) is 0 Å². The Morgan fingerprint density at radius 1 is 1.20 bits per heavy atom. The maximum absolute atomic E-state index is 14.0. The van der Waals surface area contributed by atoms with Crippen molar-refractivity contribution in [2.45, 2.75) is 31.7 Å². The van der Waals surface area contributed by atoms with E-state index < -0.39 is 17.4 Å². The SMILES string of the molecule is COc1c(F)cc(-n2nnc3cnc(NC4CCCC4)nc32)cc1F. The molecule has 0 atom stereocenters. The van der Waals surface area contributed by atoms with Gasteiger partial charge in [0.15, 0.2) is 28.5 Å². The molecule has 9 heteroatoms. The number of fused-ring (bicyclic) bond motifs is 1. The Morgan fingerprint density at radius 3 is 2.60 bits per heavy atom. The summed E-state index contributed by atoms with van der Waals surface area (Å²) in [5.41, 5.74) is 0.983. The largest absolute Gasteiger partial charge is 0.491 e. The summed E-state index contributed by atoms with van der Waals surface area (Å²) in [4.78, 5) is 8.65. The highest BCUT2D eigenvalue weighted by Gasteiger charge is 2.18. The van der Waals surface area contributed by atoms with E-state index in [1.165, 1.54) is 24.6 Å². The second-order valence-corrected chi connectivity index (χ2v) is 5.97. The van der Waals surface area contributed by atoms with Crippen LogP contribution in [0.3, 0.4) is 0 Å². The number of hydrogen-bond donors (Lipinski definition) is 1. The predicted molar refractivity (Wildman–Crippen MR) is 86.8 cm³/mol. The van der Waals surface area contributed by atoms with Crippen molar-refractivity contribution in [1.29, 1.82) is 0 Å². The van der Waals surface area contributed by atoms with Crippen LogP contribution in [-0.2, 0) is 0 Å². The van der Waals surface area contributed by atoms with Gasteiger partial charge in [-0.3, -0.25) is 0 Å². The zero-order chi connectivity index (χ0) is 17.4. The molecule has 2 heterocycles. The van der Waals surface area contributed by atoms with E-state index in [1.54, 1.807) is 6.20 Å². The second kappa shape index (κ2) is 6.23. The summed E-state index contributed by atoms with van der Waals surface area (Å²) < 4.78 is 33.9. The Labute approximate surface area is 142 Å². The van der Waals surface area contributed by atoms with Crippen LogP contribution in [0.4, 0.5) is 14.7 Å². The first-order valence-corrected chi connectivity index (χ1v) is 8.04. The zero-order valence-corrected chi connectivity index (χ0v) is 13.5. The molecular formula is C16H16F2N6O. The minimum Gasteiger partial charge on any atom is -0.491 e. The smallest absolute Gasteiger partial charge is 0.225 e. The van der Waals surface area contributed by atoms with Gasteiger partial charge >= 0.3 is 0 Å². The third-order valence-corrected chi connectivity index (χ3v) is 4.31. The van der Waals surface area contributed by atoms with Gasteiger partial charge in [-0.05, 0) is 12.8 Å². The van der Waals surface area contributed by atoms with Crippen LogP contribution < -0.4 is 10.1 Å². The average Bonchev–Trinajstić information content (AvgIpc) is 3.23. The number of hydrogen-bond acceptors (Lipinski definition) is 6. The highest BCUT2D eigenvalue weighted by molar-refractivity contribution is 5.72. The summed E-state index contributed by atoms with van der Waals surface area (Å²) >= 11 is 0. The minimum absolute atomic E-state index is 0.170. The van der Waals surface area contributed by atoms with E-state index >= 15 is 0 Å². The van der Waals surface area contributed by atoms with Crippen molar-refractivity contribution in [2.75, 3.05) is 12.4 Å². The van der Waals surface area contributed by atoms with Crippen LogP contribution in [0.15, 0.2) is 18.3 Å². The molecule has 0 radical (unpaired) electrons. The Morgan fingerprint density at radius 2 is 1.92 bits per heavy atom. The number of methoxy groups -OCH3 is 1. The number of halogens is 2.